The lowest BCUT2D eigenvalue weighted by Gasteiger charge is -2.19. The zero-order chi connectivity index (χ0) is 13.4. The maximum absolute atomic E-state index is 11.7. The Morgan fingerprint density at radius 3 is 2.61 bits per heavy atom. The summed E-state index contributed by atoms with van der Waals surface area (Å²) in [5.41, 5.74) is 2.98. The molecule has 2 unspecified atom stereocenters. The molecule has 0 aliphatic rings. The van der Waals surface area contributed by atoms with E-state index in [0.717, 1.165) is 18.4 Å². The fraction of sp³-hybridized carbons (Fsp3) is 0.500. The molecule has 1 aromatic carbocycles. The van der Waals surface area contributed by atoms with Gasteiger partial charge in [0.05, 0.1) is 6.61 Å². The Bertz CT molecular complexity index is 354. The van der Waals surface area contributed by atoms with Crippen molar-refractivity contribution in [3.8, 4) is 0 Å². The summed E-state index contributed by atoms with van der Waals surface area (Å²) >= 11 is 0. The molecule has 0 aliphatic carbocycles. The lowest BCUT2D eigenvalue weighted by Crippen LogP contribution is -2.36. The molecule has 0 saturated carbocycles. The smallest absolute Gasteiger partial charge is 0.267 e. The number of hydrogen-bond donors (Lipinski definition) is 2. The van der Waals surface area contributed by atoms with Crippen LogP contribution in [0.3, 0.4) is 0 Å². The van der Waals surface area contributed by atoms with Gasteiger partial charge in [0.15, 0.2) is 6.10 Å². The molecule has 0 bridgehead atoms. The molecule has 0 radical (unpaired) electrons. The molecule has 0 aromatic heterocycles. The van der Waals surface area contributed by atoms with Crippen LogP contribution in [-0.2, 0) is 9.53 Å². The second kappa shape index (κ2) is 7.84. The predicted octanol–water partition coefficient (Wildman–Crippen LogP) is 2.17. The fourth-order valence-electron chi connectivity index (χ4n) is 1.86. The number of hydrazine groups is 1. The van der Waals surface area contributed by atoms with Crippen molar-refractivity contribution in [3.05, 3.63) is 35.9 Å². The lowest BCUT2D eigenvalue weighted by molar-refractivity contribution is -0.134. The van der Waals surface area contributed by atoms with E-state index in [1.54, 1.807) is 0 Å². The molecule has 2 atom stereocenters. The third-order valence-corrected chi connectivity index (χ3v) is 2.81. The molecule has 18 heavy (non-hydrogen) atoms. The molecule has 4 nitrogen and oxygen atoms in total. The Hall–Kier alpha value is -1.39. The van der Waals surface area contributed by atoms with Gasteiger partial charge in [-0.15, -0.1) is 0 Å². The van der Waals surface area contributed by atoms with Crippen molar-refractivity contribution < 1.29 is 9.53 Å². The number of ether oxygens (including phenoxy) is 1. The highest BCUT2D eigenvalue weighted by Crippen LogP contribution is 2.19. The van der Waals surface area contributed by atoms with Crippen LogP contribution in [0.5, 0.6) is 0 Å². The van der Waals surface area contributed by atoms with Gasteiger partial charge in [-0.3, -0.25) is 10.2 Å². The number of carbonyl (C=O) groups excluding carboxylic acids is 1. The molecule has 0 aliphatic heterocycles. The highest BCUT2D eigenvalue weighted by Gasteiger charge is 2.20. The highest BCUT2D eigenvalue weighted by molar-refractivity contribution is 5.81. The summed E-state index contributed by atoms with van der Waals surface area (Å²) in [4.78, 5) is 11.7. The zero-order valence-electron chi connectivity index (χ0n) is 11.1. The first-order chi connectivity index (χ1) is 8.69. The summed E-state index contributed by atoms with van der Waals surface area (Å²) in [7, 11) is 0. The molecule has 1 rings (SSSR count). The average Bonchev–Trinajstić information content (AvgIpc) is 2.40. The van der Waals surface area contributed by atoms with Gasteiger partial charge in [-0.25, -0.2) is 5.84 Å². The maximum atomic E-state index is 11.7. The molecule has 0 spiro atoms. The van der Waals surface area contributed by atoms with Gasteiger partial charge >= 0.3 is 0 Å². The highest BCUT2D eigenvalue weighted by atomic mass is 16.5. The van der Waals surface area contributed by atoms with Crippen LogP contribution in [0.2, 0.25) is 0 Å². The molecule has 0 saturated heterocycles. The van der Waals surface area contributed by atoms with E-state index in [0.29, 0.717) is 12.5 Å². The van der Waals surface area contributed by atoms with E-state index >= 15 is 0 Å². The molecule has 100 valence electrons. The first kappa shape index (κ1) is 14.7. The second-order valence-electron chi connectivity index (χ2n) is 4.53. The van der Waals surface area contributed by atoms with E-state index in [2.05, 4.69) is 19.3 Å². The molecule has 0 fully saturated rings. The van der Waals surface area contributed by atoms with E-state index in [-0.39, 0.29) is 5.91 Å². The van der Waals surface area contributed by atoms with Gasteiger partial charge in [0.25, 0.3) is 5.91 Å². The van der Waals surface area contributed by atoms with Crippen LogP contribution >= 0.6 is 0 Å². The molecule has 1 amide bonds. The standard InChI is InChI=1S/C14H22N2O2/c1-3-7-11(2)10-18-13(14(17)16-15)12-8-5-4-6-9-12/h4-6,8-9,11,13H,3,7,10,15H2,1-2H3,(H,16,17). The van der Waals surface area contributed by atoms with Crippen LogP contribution in [0, 0.1) is 5.92 Å². The van der Waals surface area contributed by atoms with E-state index in [1.807, 2.05) is 30.3 Å². The van der Waals surface area contributed by atoms with Gasteiger partial charge in [0.2, 0.25) is 0 Å². The summed E-state index contributed by atoms with van der Waals surface area (Å²) in [5, 5.41) is 0. The second-order valence-corrected chi connectivity index (χ2v) is 4.53. The van der Waals surface area contributed by atoms with Crippen molar-refractivity contribution in [1.29, 1.82) is 0 Å². The van der Waals surface area contributed by atoms with E-state index < -0.39 is 6.10 Å². The SMILES string of the molecule is CCCC(C)COC(C(=O)NN)c1ccccc1. The predicted molar refractivity (Wildman–Crippen MR) is 71.5 cm³/mol. The first-order valence-electron chi connectivity index (χ1n) is 6.36. The van der Waals surface area contributed by atoms with Crippen molar-refractivity contribution >= 4 is 5.91 Å². The van der Waals surface area contributed by atoms with Crippen LogP contribution in [0.25, 0.3) is 0 Å². The summed E-state index contributed by atoms with van der Waals surface area (Å²) in [5.74, 6) is 5.32. The fourth-order valence-corrected chi connectivity index (χ4v) is 1.86. The number of carbonyl (C=O) groups is 1. The summed E-state index contributed by atoms with van der Waals surface area (Å²) in [6.07, 6.45) is 1.57. The van der Waals surface area contributed by atoms with Gasteiger partial charge in [-0.2, -0.15) is 0 Å². The molecule has 4 heteroatoms. The van der Waals surface area contributed by atoms with E-state index in [9.17, 15) is 4.79 Å². The number of hydrogen-bond acceptors (Lipinski definition) is 3. The summed E-state index contributed by atoms with van der Waals surface area (Å²) < 4.78 is 5.70. The number of benzene rings is 1. The molecular weight excluding hydrogens is 228 g/mol. The van der Waals surface area contributed by atoms with Crippen LogP contribution in [0.1, 0.15) is 38.4 Å². The number of rotatable bonds is 7. The molecule has 3 N–H and O–H groups in total. The quantitative estimate of drug-likeness (QED) is 0.443. The third kappa shape index (κ3) is 4.47. The number of nitrogens with two attached hydrogens (primary N) is 1. The molecular formula is C14H22N2O2. The van der Waals surface area contributed by atoms with Gasteiger partial charge in [-0.1, -0.05) is 50.6 Å². The summed E-state index contributed by atoms with van der Waals surface area (Å²) in [6, 6.07) is 9.39. The van der Waals surface area contributed by atoms with Gasteiger partial charge in [-0.05, 0) is 17.9 Å². The lowest BCUT2D eigenvalue weighted by atomic mass is 10.1. The minimum Gasteiger partial charge on any atom is -0.363 e. The van der Waals surface area contributed by atoms with Crippen molar-refractivity contribution in [2.75, 3.05) is 6.61 Å². The Balaban J connectivity index is 2.66. The Morgan fingerprint density at radius 2 is 2.06 bits per heavy atom. The minimum absolute atomic E-state index is 0.315. The van der Waals surface area contributed by atoms with Crippen molar-refractivity contribution in [3.63, 3.8) is 0 Å². The number of amides is 1. The van der Waals surface area contributed by atoms with Crippen molar-refractivity contribution in [1.82, 2.24) is 5.43 Å². The molecule has 0 heterocycles. The topological polar surface area (TPSA) is 64.3 Å². The van der Waals surface area contributed by atoms with Crippen molar-refractivity contribution in [2.45, 2.75) is 32.8 Å². The number of nitrogens with one attached hydrogen (secondary N) is 1. The average molecular weight is 250 g/mol. The van der Waals surface area contributed by atoms with Crippen LogP contribution < -0.4 is 11.3 Å². The Labute approximate surface area is 108 Å². The first-order valence-corrected chi connectivity index (χ1v) is 6.36. The minimum atomic E-state index is -0.629. The van der Waals surface area contributed by atoms with Crippen LogP contribution in [-0.4, -0.2) is 12.5 Å². The third-order valence-electron chi connectivity index (χ3n) is 2.81. The summed E-state index contributed by atoms with van der Waals surface area (Å²) in [6.45, 7) is 4.81. The van der Waals surface area contributed by atoms with Gasteiger partial charge in [0.1, 0.15) is 0 Å². The maximum Gasteiger partial charge on any atom is 0.267 e. The normalized spacial score (nSPS) is 13.9. The van der Waals surface area contributed by atoms with E-state index in [1.165, 1.54) is 0 Å². The van der Waals surface area contributed by atoms with E-state index in [4.69, 9.17) is 10.6 Å². The monoisotopic (exact) mass is 250 g/mol. The Morgan fingerprint density at radius 1 is 1.39 bits per heavy atom. The zero-order valence-corrected chi connectivity index (χ0v) is 11.1. The van der Waals surface area contributed by atoms with Gasteiger partial charge in [0, 0.05) is 0 Å². The van der Waals surface area contributed by atoms with Gasteiger partial charge < -0.3 is 4.74 Å². The van der Waals surface area contributed by atoms with Crippen LogP contribution in [0.15, 0.2) is 30.3 Å². The largest absolute Gasteiger partial charge is 0.363 e. The molecule has 1 aromatic rings. The Kier molecular flexibility index (Phi) is 6.39. The van der Waals surface area contributed by atoms with Crippen LogP contribution in [0.4, 0.5) is 0 Å². The van der Waals surface area contributed by atoms with Crippen molar-refractivity contribution in [2.24, 2.45) is 11.8 Å².